The molecular weight excluding hydrogens is 246 g/mol. The second kappa shape index (κ2) is 6.33. The maximum absolute atomic E-state index is 3.63. The van der Waals surface area contributed by atoms with Crippen LogP contribution >= 0.6 is 0 Å². The molecule has 0 aromatic rings. The molecule has 3 aliphatic rings. The summed E-state index contributed by atoms with van der Waals surface area (Å²) in [7, 11) is 2.17. The minimum absolute atomic E-state index is 0.698. The van der Waals surface area contributed by atoms with E-state index >= 15 is 0 Å². The molecule has 5 atom stereocenters. The van der Waals surface area contributed by atoms with Crippen LogP contribution in [0.2, 0.25) is 0 Å². The van der Waals surface area contributed by atoms with Gasteiger partial charge >= 0.3 is 0 Å². The van der Waals surface area contributed by atoms with Gasteiger partial charge in [-0.15, -0.1) is 0 Å². The van der Waals surface area contributed by atoms with Crippen molar-refractivity contribution in [2.24, 2.45) is 11.8 Å². The summed E-state index contributed by atoms with van der Waals surface area (Å²) < 4.78 is 0. The van der Waals surface area contributed by atoms with Crippen LogP contribution in [0.25, 0.3) is 0 Å². The molecule has 1 aliphatic carbocycles. The lowest BCUT2D eigenvalue weighted by molar-refractivity contribution is -0.0127. The molecule has 3 nitrogen and oxygen atoms in total. The molecule has 5 unspecified atom stereocenters. The van der Waals surface area contributed by atoms with Gasteiger partial charge < -0.3 is 5.32 Å². The lowest BCUT2D eigenvalue weighted by Crippen LogP contribution is -2.63. The first-order chi connectivity index (χ1) is 9.69. The Bertz CT molecular complexity index is 319. The smallest absolute Gasteiger partial charge is 0.0276 e. The summed E-state index contributed by atoms with van der Waals surface area (Å²) in [5.74, 6) is 1.72. The highest BCUT2D eigenvalue weighted by molar-refractivity contribution is 4.97. The third-order valence-electron chi connectivity index (χ3n) is 6.09. The van der Waals surface area contributed by atoms with Gasteiger partial charge in [0.2, 0.25) is 0 Å². The normalized spacial score (nSPS) is 44.2. The van der Waals surface area contributed by atoms with Crippen molar-refractivity contribution in [3.63, 3.8) is 0 Å². The van der Waals surface area contributed by atoms with E-state index in [1.54, 1.807) is 0 Å². The Morgan fingerprint density at radius 3 is 2.55 bits per heavy atom. The molecule has 0 aromatic carbocycles. The Morgan fingerprint density at radius 1 is 0.950 bits per heavy atom. The number of hydrogen-bond acceptors (Lipinski definition) is 3. The first-order valence-corrected chi connectivity index (χ1v) is 8.84. The van der Waals surface area contributed by atoms with E-state index in [0.717, 1.165) is 23.9 Å². The average molecular weight is 279 g/mol. The number of nitrogens with one attached hydrogen (secondary N) is 1. The van der Waals surface area contributed by atoms with Crippen LogP contribution < -0.4 is 5.32 Å². The predicted octanol–water partition coefficient (Wildman–Crippen LogP) is 2.18. The number of rotatable bonds is 2. The van der Waals surface area contributed by atoms with Crippen molar-refractivity contribution in [2.75, 3.05) is 33.2 Å². The van der Waals surface area contributed by atoms with Crippen LogP contribution in [0.3, 0.4) is 0 Å². The molecular formula is C17H33N3. The molecule has 1 saturated carbocycles. The van der Waals surface area contributed by atoms with E-state index in [-0.39, 0.29) is 0 Å². The number of piperidine rings is 1. The topological polar surface area (TPSA) is 18.5 Å². The second-order valence-corrected chi connectivity index (χ2v) is 7.62. The van der Waals surface area contributed by atoms with Crippen LogP contribution in [0.15, 0.2) is 0 Å². The van der Waals surface area contributed by atoms with Crippen LogP contribution in [0.5, 0.6) is 0 Å². The third-order valence-corrected chi connectivity index (χ3v) is 6.09. The molecule has 116 valence electrons. The summed E-state index contributed by atoms with van der Waals surface area (Å²) in [5.41, 5.74) is 0. The van der Waals surface area contributed by atoms with Crippen molar-refractivity contribution >= 4 is 0 Å². The fourth-order valence-electron chi connectivity index (χ4n) is 5.19. The summed E-state index contributed by atoms with van der Waals surface area (Å²) >= 11 is 0. The van der Waals surface area contributed by atoms with E-state index in [1.165, 1.54) is 58.3 Å². The lowest BCUT2D eigenvalue weighted by Gasteiger charge is -2.51. The first-order valence-electron chi connectivity index (χ1n) is 8.84. The maximum Gasteiger partial charge on any atom is 0.0276 e. The fraction of sp³-hybridized carbons (Fsp3) is 1.00. The molecule has 0 bridgehead atoms. The number of piperazine rings is 1. The lowest BCUT2D eigenvalue weighted by atomic mass is 9.75. The Balaban J connectivity index is 1.67. The fourth-order valence-corrected chi connectivity index (χ4v) is 5.19. The summed E-state index contributed by atoms with van der Waals surface area (Å²) in [6, 6.07) is 2.31. The van der Waals surface area contributed by atoms with Crippen molar-refractivity contribution < 1.29 is 0 Å². The van der Waals surface area contributed by atoms with Gasteiger partial charge in [0.15, 0.2) is 0 Å². The van der Waals surface area contributed by atoms with Crippen LogP contribution in [0.1, 0.15) is 46.0 Å². The zero-order chi connectivity index (χ0) is 14.1. The molecule has 0 spiro atoms. The van der Waals surface area contributed by atoms with Gasteiger partial charge in [-0.1, -0.05) is 20.3 Å². The zero-order valence-corrected chi connectivity index (χ0v) is 13.6. The first kappa shape index (κ1) is 14.8. The van der Waals surface area contributed by atoms with Gasteiger partial charge in [-0.25, -0.2) is 0 Å². The molecule has 2 aliphatic heterocycles. The van der Waals surface area contributed by atoms with Crippen molar-refractivity contribution in [3.8, 4) is 0 Å². The number of fused-ring (bicyclic) bond motifs is 1. The Labute approximate surface area is 125 Å². The molecule has 3 fully saturated rings. The highest BCUT2D eigenvalue weighted by atomic mass is 15.3. The predicted molar refractivity (Wildman–Crippen MR) is 85.0 cm³/mol. The summed E-state index contributed by atoms with van der Waals surface area (Å²) in [6.45, 7) is 10.2. The number of likely N-dealkylation sites (N-methyl/N-ethyl adjacent to an activating group) is 1. The Morgan fingerprint density at radius 2 is 1.75 bits per heavy atom. The highest BCUT2D eigenvalue weighted by Gasteiger charge is 2.40. The standard InChI is InChI=1S/C17H33N3/c1-13-10-14(2)17(16(11-13)18-3)20-9-8-19-7-5-4-6-15(19)12-20/h13-18H,4-12H2,1-3H3. The van der Waals surface area contributed by atoms with Crippen molar-refractivity contribution in [2.45, 2.75) is 64.1 Å². The number of nitrogens with zero attached hydrogens (tertiary/aromatic N) is 2. The quantitative estimate of drug-likeness (QED) is 0.836. The van der Waals surface area contributed by atoms with Crippen LogP contribution in [0.4, 0.5) is 0 Å². The maximum atomic E-state index is 3.63. The van der Waals surface area contributed by atoms with Crippen molar-refractivity contribution in [3.05, 3.63) is 0 Å². The molecule has 2 heterocycles. The molecule has 20 heavy (non-hydrogen) atoms. The average Bonchev–Trinajstić information content (AvgIpc) is 2.46. The van der Waals surface area contributed by atoms with E-state index < -0.39 is 0 Å². The SMILES string of the molecule is CNC1CC(C)CC(C)C1N1CCN2CCCCC2C1. The summed E-state index contributed by atoms with van der Waals surface area (Å²) in [5, 5.41) is 3.63. The van der Waals surface area contributed by atoms with Crippen LogP contribution in [-0.4, -0.2) is 61.2 Å². The summed E-state index contributed by atoms with van der Waals surface area (Å²) in [4.78, 5) is 5.59. The molecule has 1 N–H and O–H groups in total. The van der Waals surface area contributed by atoms with Gasteiger partial charge in [0, 0.05) is 37.8 Å². The van der Waals surface area contributed by atoms with Gasteiger partial charge in [0.1, 0.15) is 0 Å². The van der Waals surface area contributed by atoms with E-state index in [1.807, 2.05) is 0 Å². The molecule has 2 saturated heterocycles. The van der Waals surface area contributed by atoms with Crippen LogP contribution in [0, 0.1) is 11.8 Å². The van der Waals surface area contributed by atoms with Gasteiger partial charge in [-0.3, -0.25) is 9.80 Å². The molecule has 3 rings (SSSR count). The number of hydrogen-bond donors (Lipinski definition) is 1. The van der Waals surface area contributed by atoms with E-state index in [0.29, 0.717) is 6.04 Å². The van der Waals surface area contributed by atoms with Crippen molar-refractivity contribution in [1.29, 1.82) is 0 Å². The van der Waals surface area contributed by atoms with Gasteiger partial charge in [0.25, 0.3) is 0 Å². The largest absolute Gasteiger partial charge is 0.315 e. The van der Waals surface area contributed by atoms with E-state index in [4.69, 9.17) is 0 Å². The van der Waals surface area contributed by atoms with Gasteiger partial charge in [-0.05, 0) is 51.1 Å². The molecule has 0 radical (unpaired) electrons. The Kier molecular flexibility index (Phi) is 4.68. The van der Waals surface area contributed by atoms with E-state index in [2.05, 4.69) is 36.0 Å². The van der Waals surface area contributed by atoms with E-state index in [9.17, 15) is 0 Å². The third kappa shape index (κ3) is 2.90. The monoisotopic (exact) mass is 279 g/mol. The summed E-state index contributed by atoms with van der Waals surface area (Å²) in [6.07, 6.45) is 7.07. The van der Waals surface area contributed by atoms with Crippen molar-refractivity contribution in [1.82, 2.24) is 15.1 Å². The van der Waals surface area contributed by atoms with Gasteiger partial charge in [0.05, 0.1) is 0 Å². The zero-order valence-electron chi connectivity index (χ0n) is 13.6. The van der Waals surface area contributed by atoms with Gasteiger partial charge in [-0.2, -0.15) is 0 Å². The minimum Gasteiger partial charge on any atom is -0.315 e. The molecule has 0 amide bonds. The second-order valence-electron chi connectivity index (χ2n) is 7.62. The highest BCUT2D eigenvalue weighted by Crippen LogP contribution is 2.34. The molecule has 3 heteroatoms. The molecule has 0 aromatic heterocycles. The minimum atomic E-state index is 0.698. The van der Waals surface area contributed by atoms with Crippen LogP contribution in [-0.2, 0) is 0 Å². The Hall–Kier alpha value is -0.120.